The van der Waals surface area contributed by atoms with Gasteiger partial charge in [-0.1, -0.05) is 47.6 Å². The number of halogens is 2. The molecule has 1 amide bonds. The van der Waals surface area contributed by atoms with Crippen molar-refractivity contribution < 1.29 is 18.7 Å². The van der Waals surface area contributed by atoms with Crippen LogP contribution in [0.3, 0.4) is 0 Å². The van der Waals surface area contributed by atoms with Crippen LogP contribution in [0.15, 0.2) is 59.8 Å². The van der Waals surface area contributed by atoms with Crippen molar-refractivity contribution in [3.8, 4) is 0 Å². The van der Waals surface area contributed by atoms with Crippen molar-refractivity contribution in [3.05, 3.63) is 76.7 Å². The van der Waals surface area contributed by atoms with E-state index >= 15 is 0 Å². The summed E-state index contributed by atoms with van der Waals surface area (Å²) < 4.78 is 25.8. The maximum Gasteiger partial charge on any atom is 0.253 e. The number of thioether (sulfide) groups is 1. The molecule has 2 aromatic carbocycles. The van der Waals surface area contributed by atoms with Crippen LogP contribution in [0.4, 0.5) is 15.9 Å². The molecule has 0 bridgehead atoms. The average molecular weight is 584 g/mol. The van der Waals surface area contributed by atoms with Crippen molar-refractivity contribution in [2.75, 3.05) is 62.3 Å². The molecule has 1 aromatic heterocycles. The second kappa shape index (κ2) is 11.9. The first-order valence-electron chi connectivity index (χ1n) is 13.6. The number of para-hydroxylation sites is 1. The monoisotopic (exact) mass is 583 g/mol. The average Bonchev–Trinajstić information content (AvgIpc) is 3.44. The zero-order valence-corrected chi connectivity index (χ0v) is 23.7. The Balaban J connectivity index is 1.02. The minimum Gasteiger partial charge on any atom is -0.366 e. The van der Waals surface area contributed by atoms with E-state index in [1.165, 1.54) is 17.8 Å². The Morgan fingerprint density at radius 2 is 1.62 bits per heavy atom. The molecule has 8 nitrogen and oxygen atoms in total. The number of aromatic nitrogens is 2. The number of amides is 1. The van der Waals surface area contributed by atoms with Crippen LogP contribution < -0.4 is 9.80 Å². The Hall–Kier alpha value is -2.92. The second-order valence-electron chi connectivity index (χ2n) is 10.1. The molecular weight excluding hydrogens is 553 g/mol. The first-order chi connectivity index (χ1) is 19.5. The lowest BCUT2D eigenvalue weighted by Gasteiger charge is -2.38. The first kappa shape index (κ1) is 27.3. The molecule has 3 aliphatic heterocycles. The van der Waals surface area contributed by atoms with E-state index in [0.29, 0.717) is 66.7 Å². The Morgan fingerprint density at radius 3 is 2.33 bits per heavy atom. The summed E-state index contributed by atoms with van der Waals surface area (Å²) >= 11 is 7.86. The summed E-state index contributed by atoms with van der Waals surface area (Å²) in [5.41, 5.74) is 2.30. The zero-order chi connectivity index (χ0) is 27.5. The van der Waals surface area contributed by atoms with Gasteiger partial charge in [0.1, 0.15) is 16.8 Å². The van der Waals surface area contributed by atoms with Gasteiger partial charge < -0.3 is 24.2 Å². The SMILES string of the molecule is O=C(c1ccc(CSc2nc(Cl)cc(N3CCC4(CC3)OCCO4)n2)cc1)N1CCN(c2ccccc2F)CC1. The predicted molar refractivity (Wildman–Crippen MR) is 154 cm³/mol. The molecule has 11 heteroatoms. The third kappa shape index (κ3) is 6.05. The number of hydrogen-bond acceptors (Lipinski definition) is 8. The van der Waals surface area contributed by atoms with E-state index in [2.05, 4.69) is 9.88 Å². The number of carbonyl (C=O) groups is 1. The van der Waals surface area contributed by atoms with Gasteiger partial charge in [0.05, 0.1) is 18.9 Å². The van der Waals surface area contributed by atoms with Crippen LogP contribution in [0.1, 0.15) is 28.8 Å². The van der Waals surface area contributed by atoms with E-state index in [4.69, 9.17) is 26.1 Å². The lowest BCUT2D eigenvalue weighted by atomic mass is 10.0. The Kier molecular flexibility index (Phi) is 8.11. The molecule has 0 unspecified atom stereocenters. The molecule has 1 spiro atoms. The van der Waals surface area contributed by atoms with Gasteiger partial charge in [-0.15, -0.1) is 0 Å². The number of ether oxygens (including phenoxy) is 2. The quantitative estimate of drug-likeness (QED) is 0.231. The van der Waals surface area contributed by atoms with Crippen LogP contribution in [0.2, 0.25) is 5.15 Å². The number of piperidine rings is 1. The third-order valence-electron chi connectivity index (χ3n) is 7.65. The highest BCUT2D eigenvalue weighted by Crippen LogP contribution is 2.34. The van der Waals surface area contributed by atoms with Gasteiger partial charge in [-0.25, -0.2) is 14.4 Å². The normalized spacial score (nSPS) is 18.9. The zero-order valence-electron chi connectivity index (χ0n) is 22.1. The van der Waals surface area contributed by atoms with Crippen molar-refractivity contribution in [2.24, 2.45) is 0 Å². The second-order valence-corrected chi connectivity index (χ2v) is 11.5. The van der Waals surface area contributed by atoms with Crippen molar-refractivity contribution in [1.29, 1.82) is 0 Å². The fraction of sp³-hybridized carbons (Fsp3) is 0.414. The molecule has 0 saturated carbocycles. The number of rotatable bonds is 6. The fourth-order valence-corrected chi connectivity index (χ4v) is 6.44. The van der Waals surface area contributed by atoms with E-state index in [1.54, 1.807) is 18.2 Å². The Bertz CT molecular complexity index is 1340. The maximum absolute atomic E-state index is 14.1. The van der Waals surface area contributed by atoms with Gasteiger partial charge in [-0.2, -0.15) is 0 Å². The van der Waals surface area contributed by atoms with Crippen molar-refractivity contribution in [1.82, 2.24) is 14.9 Å². The van der Waals surface area contributed by atoms with E-state index in [9.17, 15) is 9.18 Å². The molecule has 0 N–H and O–H groups in total. The summed E-state index contributed by atoms with van der Waals surface area (Å²) in [4.78, 5) is 28.3. The standard InChI is InChI=1S/C29H31ClFN5O3S/c30-25-19-26(35-11-9-29(10-12-35)38-17-18-39-29)33-28(32-25)40-20-21-5-7-22(8-6-21)27(37)36-15-13-34(14-16-36)24-4-2-1-3-23(24)31/h1-8,19H,9-18,20H2. The number of piperazine rings is 1. The summed E-state index contributed by atoms with van der Waals surface area (Å²) in [5.74, 6) is 0.789. The van der Waals surface area contributed by atoms with Gasteiger partial charge in [0.25, 0.3) is 5.91 Å². The molecule has 40 heavy (non-hydrogen) atoms. The lowest BCUT2D eigenvalue weighted by Crippen LogP contribution is -2.49. The van der Waals surface area contributed by atoms with Crippen molar-refractivity contribution >= 4 is 40.8 Å². The van der Waals surface area contributed by atoms with Crippen LogP contribution in [0.5, 0.6) is 0 Å². The van der Waals surface area contributed by atoms with Crippen LogP contribution in [0.25, 0.3) is 0 Å². The first-order valence-corrected chi connectivity index (χ1v) is 14.9. The van der Waals surface area contributed by atoms with E-state index in [0.717, 1.165) is 37.3 Å². The van der Waals surface area contributed by atoms with Crippen LogP contribution in [-0.2, 0) is 15.2 Å². The molecule has 3 saturated heterocycles. The molecule has 4 heterocycles. The molecule has 3 fully saturated rings. The number of hydrogen-bond donors (Lipinski definition) is 0. The topological polar surface area (TPSA) is 71.0 Å². The minimum absolute atomic E-state index is 0.00748. The van der Waals surface area contributed by atoms with Gasteiger partial charge in [0.2, 0.25) is 0 Å². The summed E-state index contributed by atoms with van der Waals surface area (Å²) in [6.45, 7) is 5.18. The number of anilines is 2. The minimum atomic E-state index is -0.436. The highest BCUT2D eigenvalue weighted by atomic mass is 35.5. The van der Waals surface area contributed by atoms with Gasteiger partial charge in [0.15, 0.2) is 10.9 Å². The highest BCUT2D eigenvalue weighted by molar-refractivity contribution is 7.98. The largest absolute Gasteiger partial charge is 0.366 e. The number of carbonyl (C=O) groups excluding carboxylic acids is 1. The van der Waals surface area contributed by atoms with Crippen LogP contribution >= 0.6 is 23.4 Å². The predicted octanol–water partition coefficient (Wildman–Crippen LogP) is 4.87. The van der Waals surface area contributed by atoms with Crippen molar-refractivity contribution in [2.45, 2.75) is 29.5 Å². The molecule has 0 aliphatic carbocycles. The van der Waals surface area contributed by atoms with Gasteiger partial charge >= 0.3 is 0 Å². The number of benzene rings is 2. The third-order valence-corrected chi connectivity index (χ3v) is 8.76. The maximum atomic E-state index is 14.1. The van der Waals surface area contributed by atoms with Gasteiger partial charge in [-0.3, -0.25) is 4.79 Å². The van der Waals surface area contributed by atoms with Gasteiger partial charge in [-0.05, 0) is 29.8 Å². The highest BCUT2D eigenvalue weighted by Gasteiger charge is 2.40. The number of nitrogens with zero attached hydrogens (tertiary/aromatic N) is 5. The fourth-order valence-electron chi connectivity index (χ4n) is 5.41. The van der Waals surface area contributed by atoms with E-state index in [-0.39, 0.29) is 11.7 Å². The van der Waals surface area contributed by atoms with Gasteiger partial charge in [0, 0.05) is 69.5 Å². The molecule has 0 atom stereocenters. The summed E-state index contributed by atoms with van der Waals surface area (Å²) in [7, 11) is 0. The molecule has 210 valence electrons. The lowest BCUT2D eigenvalue weighted by molar-refractivity contribution is -0.169. The van der Waals surface area contributed by atoms with Crippen LogP contribution in [-0.4, -0.2) is 79.0 Å². The van der Waals surface area contributed by atoms with Crippen LogP contribution in [0, 0.1) is 5.82 Å². The summed E-state index contributed by atoms with van der Waals surface area (Å²) in [5, 5.41) is 1.03. The Morgan fingerprint density at radius 1 is 0.925 bits per heavy atom. The summed E-state index contributed by atoms with van der Waals surface area (Å²) in [6, 6.07) is 16.2. The molecular formula is C29H31ClFN5O3S. The molecule has 0 radical (unpaired) electrons. The van der Waals surface area contributed by atoms with E-state index < -0.39 is 5.79 Å². The van der Waals surface area contributed by atoms with Crippen molar-refractivity contribution in [3.63, 3.8) is 0 Å². The molecule has 6 rings (SSSR count). The van der Waals surface area contributed by atoms with E-state index in [1.807, 2.05) is 40.1 Å². The summed E-state index contributed by atoms with van der Waals surface area (Å²) in [6.07, 6.45) is 1.59. The smallest absolute Gasteiger partial charge is 0.253 e. The molecule has 3 aliphatic rings. The molecule has 3 aromatic rings. The Labute approximate surface area is 242 Å².